The van der Waals surface area contributed by atoms with Gasteiger partial charge in [0, 0.05) is 23.8 Å². The second-order valence-corrected chi connectivity index (χ2v) is 4.33. The van der Waals surface area contributed by atoms with Gasteiger partial charge in [0.2, 0.25) is 0 Å². The zero-order valence-corrected chi connectivity index (χ0v) is 8.55. The van der Waals surface area contributed by atoms with Gasteiger partial charge in [-0.05, 0) is 37.0 Å². The van der Waals surface area contributed by atoms with Gasteiger partial charge in [0.25, 0.3) is 5.91 Å². The Morgan fingerprint density at radius 3 is 2.93 bits per heavy atom. The zero-order chi connectivity index (χ0) is 10.3. The van der Waals surface area contributed by atoms with Gasteiger partial charge in [-0.3, -0.25) is 4.79 Å². The highest BCUT2D eigenvalue weighted by molar-refractivity contribution is 5.99. The van der Waals surface area contributed by atoms with Crippen molar-refractivity contribution < 1.29 is 4.79 Å². The van der Waals surface area contributed by atoms with Crippen molar-refractivity contribution in [3.63, 3.8) is 0 Å². The lowest BCUT2D eigenvalue weighted by Crippen LogP contribution is -2.27. The molecule has 2 N–H and O–H groups in total. The molecule has 0 atom stereocenters. The van der Waals surface area contributed by atoms with E-state index in [1.807, 2.05) is 12.1 Å². The Morgan fingerprint density at radius 1 is 1.33 bits per heavy atom. The molecule has 0 bridgehead atoms. The molecule has 1 saturated carbocycles. The summed E-state index contributed by atoms with van der Waals surface area (Å²) in [5.41, 5.74) is 3.02. The van der Waals surface area contributed by atoms with E-state index in [1.165, 1.54) is 19.3 Å². The molecule has 0 unspecified atom stereocenters. The zero-order valence-electron chi connectivity index (χ0n) is 8.55. The van der Waals surface area contributed by atoms with Crippen LogP contribution in [0.25, 0.3) is 0 Å². The molecular formula is C12H14N2O. The Labute approximate surface area is 88.9 Å². The molecule has 3 nitrogen and oxygen atoms in total. The normalized spacial score (nSPS) is 19.3. The molecule has 1 fully saturated rings. The minimum Gasteiger partial charge on any atom is -0.382 e. The molecule has 0 radical (unpaired) electrons. The van der Waals surface area contributed by atoms with E-state index in [0.29, 0.717) is 12.6 Å². The summed E-state index contributed by atoms with van der Waals surface area (Å²) in [7, 11) is 0. The fraction of sp³-hybridized carbons (Fsp3) is 0.417. The SMILES string of the molecule is O=C1NCc2ccc(NC3CCC3)cc21. The van der Waals surface area contributed by atoms with E-state index in [0.717, 1.165) is 16.8 Å². The third kappa shape index (κ3) is 1.48. The summed E-state index contributed by atoms with van der Waals surface area (Å²) in [5, 5.41) is 6.28. The molecule has 2 aliphatic rings. The number of benzene rings is 1. The Morgan fingerprint density at radius 2 is 2.20 bits per heavy atom. The molecule has 3 rings (SSSR count). The van der Waals surface area contributed by atoms with Crippen LogP contribution in [0.4, 0.5) is 5.69 Å². The van der Waals surface area contributed by atoms with Crippen molar-refractivity contribution in [1.82, 2.24) is 5.32 Å². The molecule has 1 aromatic carbocycles. The van der Waals surface area contributed by atoms with E-state index in [1.54, 1.807) is 0 Å². The molecule has 3 heteroatoms. The summed E-state index contributed by atoms with van der Waals surface area (Å²) in [4.78, 5) is 11.4. The fourth-order valence-corrected chi connectivity index (χ4v) is 2.09. The molecule has 1 heterocycles. The minimum absolute atomic E-state index is 0.0576. The molecule has 1 amide bonds. The first-order chi connectivity index (χ1) is 7.33. The molecule has 0 spiro atoms. The van der Waals surface area contributed by atoms with Crippen molar-refractivity contribution >= 4 is 11.6 Å². The number of nitrogens with one attached hydrogen (secondary N) is 2. The third-order valence-electron chi connectivity index (χ3n) is 3.27. The van der Waals surface area contributed by atoms with Crippen LogP contribution in [0.1, 0.15) is 35.2 Å². The number of hydrogen-bond acceptors (Lipinski definition) is 2. The van der Waals surface area contributed by atoms with Crippen LogP contribution in [0.5, 0.6) is 0 Å². The van der Waals surface area contributed by atoms with Crippen molar-refractivity contribution in [2.24, 2.45) is 0 Å². The molecule has 0 aromatic heterocycles. The summed E-state index contributed by atoms with van der Waals surface area (Å²) in [6, 6.07) is 6.69. The first-order valence-electron chi connectivity index (χ1n) is 5.50. The Balaban J connectivity index is 1.84. The topological polar surface area (TPSA) is 41.1 Å². The van der Waals surface area contributed by atoms with Crippen LogP contribution < -0.4 is 10.6 Å². The molecule has 1 aliphatic carbocycles. The first kappa shape index (κ1) is 8.77. The summed E-state index contributed by atoms with van der Waals surface area (Å²) < 4.78 is 0. The third-order valence-corrected chi connectivity index (χ3v) is 3.27. The number of rotatable bonds is 2. The molecule has 1 aromatic rings. The van der Waals surface area contributed by atoms with Gasteiger partial charge in [-0.2, -0.15) is 0 Å². The average molecular weight is 202 g/mol. The van der Waals surface area contributed by atoms with Gasteiger partial charge in [-0.1, -0.05) is 6.07 Å². The van der Waals surface area contributed by atoms with Crippen LogP contribution in [0.2, 0.25) is 0 Å². The average Bonchev–Trinajstić information content (AvgIpc) is 2.55. The van der Waals surface area contributed by atoms with Crippen molar-refractivity contribution in [2.45, 2.75) is 31.8 Å². The van der Waals surface area contributed by atoms with Gasteiger partial charge in [-0.15, -0.1) is 0 Å². The smallest absolute Gasteiger partial charge is 0.251 e. The first-order valence-corrected chi connectivity index (χ1v) is 5.50. The maximum Gasteiger partial charge on any atom is 0.251 e. The number of hydrogen-bond donors (Lipinski definition) is 2. The van der Waals surface area contributed by atoms with Crippen molar-refractivity contribution in [3.8, 4) is 0 Å². The lowest BCUT2D eigenvalue weighted by molar-refractivity contribution is 0.0966. The largest absolute Gasteiger partial charge is 0.382 e. The molecule has 15 heavy (non-hydrogen) atoms. The van der Waals surface area contributed by atoms with Crippen molar-refractivity contribution in [1.29, 1.82) is 0 Å². The Hall–Kier alpha value is -1.51. The van der Waals surface area contributed by atoms with Gasteiger partial charge in [0.05, 0.1) is 0 Å². The lowest BCUT2D eigenvalue weighted by atomic mass is 9.93. The predicted octanol–water partition coefficient (Wildman–Crippen LogP) is 1.89. The summed E-state index contributed by atoms with van der Waals surface area (Å²) in [6.45, 7) is 0.678. The van der Waals surface area contributed by atoms with E-state index < -0.39 is 0 Å². The monoisotopic (exact) mass is 202 g/mol. The highest BCUT2D eigenvalue weighted by Gasteiger charge is 2.21. The second kappa shape index (κ2) is 3.26. The maximum absolute atomic E-state index is 11.4. The standard InChI is InChI=1S/C12H14N2O/c15-12-11-6-10(14-9-2-1-3-9)5-4-8(11)7-13-12/h4-6,9,14H,1-3,7H2,(H,13,15). The van der Waals surface area contributed by atoms with Gasteiger partial charge in [0.15, 0.2) is 0 Å². The quantitative estimate of drug-likeness (QED) is 0.769. The Bertz CT molecular complexity index is 410. The number of carbonyl (C=O) groups is 1. The second-order valence-electron chi connectivity index (χ2n) is 4.33. The van der Waals surface area contributed by atoms with Gasteiger partial charge >= 0.3 is 0 Å². The van der Waals surface area contributed by atoms with E-state index in [-0.39, 0.29) is 5.91 Å². The highest BCUT2D eigenvalue weighted by Crippen LogP contribution is 2.25. The van der Waals surface area contributed by atoms with E-state index in [4.69, 9.17) is 0 Å². The molecule has 0 saturated heterocycles. The molecular weight excluding hydrogens is 188 g/mol. The van der Waals surface area contributed by atoms with Gasteiger partial charge in [0.1, 0.15) is 0 Å². The van der Waals surface area contributed by atoms with Crippen LogP contribution in [0.15, 0.2) is 18.2 Å². The van der Waals surface area contributed by atoms with E-state index >= 15 is 0 Å². The van der Waals surface area contributed by atoms with Crippen LogP contribution in [0, 0.1) is 0 Å². The van der Waals surface area contributed by atoms with Crippen LogP contribution in [-0.4, -0.2) is 11.9 Å². The van der Waals surface area contributed by atoms with Crippen LogP contribution >= 0.6 is 0 Å². The number of amides is 1. The van der Waals surface area contributed by atoms with Crippen LogP contribution in [-0.2, 0) is 6.54 Å². The number of carbonyl (C=O) groups excluding carboxylic acids is 1. The summed E-state index contributed by atoms with van der Waals surface area (Å²) in [5.74, 6) is 0.0576. The van der Waals surface area contributed by atoms with Gasteiger partial charge < -0.3 is 10.6 Å². The summed E-state index contributed by atoms with van der Waals surface area (Å²) in [6.07, 6.45) is 3.83. The molecule has 78 valence electrons. The van der Waals surface area contributed by atoms with E-state index in [9.17, 15) is 4.79 Å². The highest BCUT2D eigenvalue weighted by atomic mass is 16.1. The van der Waals surface area contributed by atoms with Crippen molar-refractivity contribution in [3.05, 3.63) is 29.3 Å². The van der Waals surface area contributed by atoms with Gasteiger partial charge in [-0.25, -0.2) is 0 Å². The van der Waals surface area contributed by atoms with Crippen molar-refractivity contribution in [2.75, 3.05) is 5.32 Å². The fourth-order valence-electron chi connectivity index (χ4n) is 2.09. The number of anilines is 1. The predicted molar refractivity (Wildman–Crippen MR) is 58.9 cm³/mol. The number of fused-ring (bicyclic) bond motifs is 1. The van der Waals surface area contributed by atoms with Crippen LogP contribution in [0.3, 0.4) is 0 Å². The summed E-state index contributed by atoms with van der Waals surface area (Å²) >= 11 is 0. The lowest BCUT2D eigenvalue weighted by Gasteiger charge is -2.27. The molecule has 1 aliphatic heterocycles. The maximum atomic E-state index is 11.4. The Kier molecular flexibility index (Phi) is 1.91. The van der Waals surface area contributed by atoms with E-state index in [2.05, 4.69) is 16.7 Å². The minimum atomic E-state index is 0.0576.